The van der Waals surface area contributed by atoms with Crippen LogP contribution in [-0.4, -0.2) is 46.1 Å². The molecule has 0 amide bonds. The first-order valence-electron chi connectivity index (χ1n) is 15.4. The van der Waals surface area contributed by atoms with Crippen LogP contribution >= 0.6 is 0 Å². The van der Waals surface area contributed by atoms with E-state index in [4.69, 9.17) is 19.4 Å². The highest BCUT2D eigenvalue weighted by atomic mass is 16.5. The van der Waals surface area contributed by atoms with Gasteiger partial charge in [0.05, 0.1) is 42.9 Å². The fraction of sp³-hybridized carbons (Fsp3) is 0.389. The first-order valence-corrected chi connectivity index (χ1v) is 15.4. The number of fused-ring (bicyclic) bond motifs is 8. The Hall–Kier alpha value is -4.46. The molecule has 1 atom stereocenters. The number of aromatic nitrogens is 4. The third kappa shape index (κ3) is 4.59. The number of methoxy groups -OCH3 is 2. The lowest BCUT2D eigenvalue weighted by Crippen LogP contribution is -2.13. The molecule has 8 nitrogen and oxygen atoms in total. The van der Waals surface area contributed by atoms with Crippen LogP contribution in [0.25, 0.3) is 44.4 Å². The second kappa shape index (κ2) is 11.2. The predicted molar refractivity (Wildman–Crippen MR) is 175 cm³/mol. The Morgan fingerprint density at radius 1 is 0.795 bits per heavy atom. The zero-order valence-electron chi connectivity index (χ0n) is 26.9. The molecule has 1 aliphatic carbocycles. The lowest BCUT2D eigenvalue weighted by molar-refractivity contribution is -0.142. The fourth-order valence-electron chi connectivity index (χ4n) is 7.13. The zero-order valence-corrected chi connectivity index (χ0v) is 26.9. The topological polar surface area (TPSA) is 110 Å². The minimum Gasteiger partial charge on any atom is -0.469 e. The molecule has 8 bridgehead atoms. The van der Waals surface area contributed by atoms with E-state index in [-0.39, 0.29) is 18.4 Å². The summed E-state index contributed by atoms with van der Waals surface area (Å²) in [7, 11) is 2.82. The lowest BCUT2D eigenvalue weighted by atomic mass is 9.93. The molecule has 5 heterocycles. The molecule has 6 rings (SSSR count). The van der Waals surface area contributed by atoms with Crippen LogP contribution in [0.4, 0.5) is 0 Å². The van der Waals surface area contributed by atoms with Gasteiger partial charge in [-0.05, 0) is 116 Å². The summed E-state index contributed by atoms with van der Waals surface area (Å²) in [5.74, 6) is -1.14. The first-order chi connectivity index (χ1) is 21.1. The van der Waals surface area contributed by atoms with Gasteiger partial charge >= 0.3 is 11.9 Å². The van der Waals surface area contributed by atoms with Crippen LogP contribution in [0.15, 0.2) is 18.2 Å². The highest BCUT2D eigenvalue weighted by molar-refractivity contribution is 6.03. The highest BCUT2D eigenvalue weighted by Crippen LogP contribution is 2.50. The number of esters is 2. The van der Waals surface area contributed by atoms with Crippen molar-refractivity contribution in [2.75, 3.05) is 14.2 Å². The number of H-pyrrole nitrogens is 2. The predicted octanol–water partition coefficient (Wildman–Crippen LogP) is 7.53. The summed E-state index contributed by atoms with van der Waals surface area (Å²) >= 11 is 0. The molecule has 3 aliphatic rings. The molecule has 0 aromatic carbocycles. The molecule has 3 aromatic rings. The number of rotatable bonds is 6. The third-order valence-corrected chi connectivity index (χ3v) is 9.73. The quantitative estimate of drug-likeness (QED) is 0.286. The van der Waals surface area contributed by atoms with E-state index in [0.29, 0.717) is 18.5 Å². The molecule has 8 heteroatoms. The van der Waals surface area contributed by atoms with E-state index >= 15 is 0 Å². The lowest BCUT2D eigenvalue weighted by Gasteiger charge is -2.12. The second-order valence-electron chi connectivity index (χ2n) is 11.9. The third-order valence-electron chi connectivity index (χ3n) is 9.73. The molecule has 0 spiro atoms. The number of hydrogen-bond acceptors (Lipinski definition) is 6. The largest absolute Gasteiger partial charge is 0.469 e. The minimum atomic E-state index is -0.534. The maximum Gasteiger partial charge on any atom is 0.313 e. The number of nitrogens with zero attached hydrogens (tertiary/aromatic N) is 2. The van der Waals surface area contributed by atoms with Crippen molar-refractivity contribution in [3.05, 3.63) is 68.8 Å². The van der Waals surface area contributed by atoms with Crippen molar-refractivity contribution < 1.29 is 19.1 Å². The second-order valence-corrected chi connectivity index (χ2v) is 11.9. The van der Waals surface area contributed by atoms with Gasteiger partial charge in [0.25, 0.3) is 0 Å². The van der Waals surface area contributed by atoms with Crippen LogP contribution in [0.1, 0.15) is 103 Å². The molecule has 44 heavy (non-hydrogen) atoms. The van der Waals surface area contributed by atoms with E-state index in [0.717, 1.165) is 79.8 Å². The molecule has 0 radical (unpaired) electrons. The van der Waals surface area contributed by atoms with Gasteiger partial charge < -0.3 is 19.4 Å². The van der Waals surface area contributed by atoms with E-state index in [1.54, 1.807) is 0 Å². The van der Waals surface area contributed by atoms with E-state index in [1.807, 2.05) is 6.92 Å². The van der Waals surface area contributed by atoms with Gasteiger partial charge in [-0.2, -0.15) is 0 Å². The maximum absolute atomic E-state index is 13.3. The number of carbonyl (C=O) groups is 2. The summed E-state index contributed by atoms with van der Waals surface area (Å²) in [5.41, 5.74) is 17.1. The van der Waals surface area contributed by atoms with Gasteiger partial charge in [-0.25, -0.2) is 9.97 Å². The van der Waals surface area contributed by atoms with Crippen molar-refractivity contribution in [1.82, 2.24) is 19.9 Å². The molecule has 0 saturated carbocycles. The van der Waals surface area contributed by atoms with Crippen LogP contribution < -0.4 is 0 Å². The Morgan fingerprint density at radius 2 is 1.36 bits per heavy atom. The molecule has 2 aliphatic heterocycles. The van der Waals surface area contributed by atoms with Crippen LogP contribution in [-0.2, 0) is 31.9 Å². The molecule has 228 valence electrons. The SMILES string of the molecule is CCc1c(C)c2cc3[nH]c(cc4nc(c5c6nc(cc1[nH]2)C(C)=C6CC5C(=O)OC)C(CCC(=O)OC)=C4C)c(C)c3CC. The molecule has 2 N–H and O–H groups in total. The van der Waals surface area contributed by atoms with Crippen LogP contribution in [0.3, 0.4) is 0 Å². The summed E-state index contributed by atoms with van der Waals surface area (Å²) < 4.78 is 10.3. The Labute approximate surface area is 257 Å². The van der Waals surface area contributed by atoms with Gasteiger partial charge in [-0.1, -0.05) is 13.8 Å². The van der Waals surface area contributed by atoms with Gasteiger partial charge in [-0.15, -0.1) is 0 Å². The maximum atomic E-state index is 13.3. The smallest absolute Gasteiger partial charge is 0.313 e. The monoisotopic (exact) mass is 592 g/mol. The Morgan fingerprint density at radius 3 is 1.98 bits per heavy atom. The van der Waals surface area contributed by atoms with Crippen molar-refractivity contribution >= 4 is 56.3 Å². The number of nitrogens with one attached hydrogen (secondary N) is 2. The number of carbonyl (C=O) groups excluding carboxylic acids is 2. The van der Waals surface area contributed by atoms with E-state index in [1.165, 1.54) is 36.5 Å². The van der Waals surface area contributed by atoms with Crippen molar-refractivity contribution in [2.24, 2.45) is 0 Å². The molecule has 3 aromatic heterocycles. The number of aromatic amines is 2. The molecular weight excluding hydrogens is 552 g/mol. The number of ether oxygens (including phenoxy) is 2. The van der Waals surface area contributed by atoms with Crippen molar-refractivity contribution in [3.8, 4) is 0 Å². The first kappa shape index (κ1) is 29.6. The van der Waals surface area contributed by atoms with Crippen LogP contribution in [0.5, 0.6) is 0 Å². The molecule has 1 unspecified atom stereocenters. The normalized spacial score (nSPS) is 15.8. The highest BCUT2D eigenvalue weighted by Gasteiger charge is 2.40. The Bertz CT molecular complexity index is 1970. The zero-order chi connectivity index (χ0) is 31.4. The van der Waals surface area contributed by atoms with Gasteiger partial charge in [-0.3, -0.25) is 9.59 Å². The summed E-state index contributed by atoms with van der Waals surface area (Å²) in [4.78, 5) is 43.3. The number of allylic oxidation sites excluding steroid dienone is 4. The summed E-state index contributed by atoms with van der Waals surface area (Å²) in [6.07, 6.45) is 2.90. The van der Waals surface area contributed by atoms with E-state index < -0.39 is 5.92 Å². The number of aryl methyl sites for hydroxylation is 4. The van der Waals surface area contributed by atoms with Gasteiger partial charge in [0.15, 0.2) is 0 Å². The van der Waals surface area contributed by atoms with E-state index in [2.05, 4.69) is 62.8 Å². The molecule has 0 fully saturated rings. The minimum absolute atomic E-state index is 0.208. The van der Waals surface area contributed by atoms with Crippen molar-refractivity contribution in [3.63, 3.8) is 0 Å². The molecular formula is C36H40N4O4. The van der Waals surface area contributed by atoms with Gasteiger partial charge in [0.2, 0.25) is 0 Å². The average Bonchev–Trinajstić information content (AvgIpc) is 3.77. The van der Waals surface area contributed by atoms with E-state index in [9.17, 15) is 9.59 Å². The van der Waals surface area contributed by atoms with Crippen molar-refractivity contribution in [1.29, 1.82) is 0 Å². The van der Waals surface area contributed by atoms with Crippen LogP contribution in [0, 0.1) is 13.8 Å². The van der Waals surface area contributed by atoms with Crippen molar-refractivity contribution in [2.45, 2.75) is 79.6 Å². The average molecular weight is 593 g/mol. The standard InChI is InChI=1S/C36H40N4O4/c1-9-21-17(3)26-14-28-19(5)23(11-12-32(41)43-7)34(39-28)33-25(36(42)44-8)13-24-20(6)29(40-35(24)33)16-31-22(10-2)18(4)27(38-31)15-30(21)37-26/h14-16,25,37-38H,9-13H2,1-8H3. The summed E-state index contributed by atoms with van der Waals surface area (Å²) in [6.45, 7) is 12.8. The van der Waals surface area contributed by atoms with Crippen LogP contribution in [0.2, 0.25) is 0 Å². The fourth-order valence-corrected chi connectivity index (χ4v) is 7.13. The Balaban J connectivity index is 1.79. The number of hydrogen-bond donors (Lipinski definition) is 2. The van der Waals surface area contributed by atoms with Gasteiger partial charge in [0, 0.05) is 34.1 Å². The molecule has 0 saturated heterocycles. The summed E-state index contributed by atoms with van der Waals surface area (Å²) in [6, 6.07) is 6.45. The summed E-state index contributed by atoms with van der Waals surface area (Å²) in [5, 5.41) is 0. The van der Waals surface area contributed by atoms with Gasteiger partial charge in [0.1, 0.15) is 0 Å². The Kier molecular flexibility index (Phi) is 7.56.